The van der Waals surface area contributed by atoms with Crippen LogP contribution in [0.25, 0.3) is 0 Å². The minimum atomic E-state index is -0.410. The molecule has 0 heterocycles. The third-order valence-corrected chi connectivity index (χ3v) is 2.82. The van der Waals surface area contributed by atoms with Gasteiger partial charge in [0.2, 0.25) is 11.8 Å². The van der Waals surface area contributed by atoms with E-state index in [2.05, 4.69) is 31.4 Å². The molecule has 1 unspecified atom stereocenters. The zero-order chi connectivity index (χ0) is 14.3. The second kappa shape index (κ2) is 7.39. The minimum absolute atomic E-state index is 0.0700. The van der Waals surface area contributed by atoms with Crippen LogP contribution in [0.2, 0.25) is 0 Å². The Morgan fingerprint density at radius 2 is 1.67 bits per heavy atom. The molecule has 0 bridgehead atoms. The lowest BCUT2D eigenvalue weighted by atomic mass is 9.89. The fourth-order valence-electron chi connectivity index (χ4n) is 1.62. The average Bonchev–Trinajstić information content (AvgIpc) is 2.24. The first kappa shape index (κ1) is 16.9. The van der Waals surface area contributed by atoms with Crippen molar-refractivity contribution in [2.45, 2.75) is 59.9 Å². The van der Waals surface area contributed by atoms with Crippen molar-refractivity contribution in [1.82, 2.24) is 10.6 Å². The Balaban J connectivity index is 4.33. The Morgan fingerprint density at radius 3 is 2.06 bits per heavy atom. The van der Waals surface area contributed by atoms with E-state index in [9.17, 15) is 9.59 Å². The summed E-state index contributed by atoms with van der Waals surface area (Å²) >= 11 is 0. The quantitative estimate of drug-likeness (QED) is 0.764. The van der Waals surface area contributed by atoms with Crippen molar-refractivity contribution in [2.24, 2.45) is 11.3 Å². The Labute approximate surface area is 111 Å². The van der Waals surface area contributed by atoms with Gasteiger partial charge in [-0.2, -0.15) is 0 Å². The van der Waals surface area contributed by atoms with Gasteiger partial charge in [0.25, 0.3) is 0 Å². The van der Waals surface area contributed by atoms with Crippen molar-refractivity contribution in [3.05, 3.63) is 0 Å². The molecule has 106 valence electrons. The van der Waals surface area contributed by atoms with Crippen molar-refractivity contribution >= 4 is 11.8 Å². The Bertz CT molecular complexity index is 280. The van der Waals surface area contributed by atoms with Crippen molar-refractivity contribution in [3.8, 4) is 0 Å². The summed E-state index contributed by atoms with van der Waals surface area (Å²) in [6.45, 7) is 10.2. The molecule has 0 saturated heterocycles. The summed E-state index contributed by atoms with van der Waals surface area (Å²) in [5.41, 5.74) is 0.259. The summed E-state index contributed by atoms with van der Waals surface area (Å²) in [5.74, 6) is -0.281. The van der Waals surface area contributed by atoms with E-state index in [-0.39, 0.29) is 23.1 Å². The first-order valence-electron chi connectivity index (χ1n) is 6.69. The maximum atomic E-state index is 11.7. The Kier molecular flexibility index (Phi) is 6.96. The predicted molar refractivity (Wildman–Crippen MR) is 74.1 cm³/mol. The summed E-state index contributed by atoms with van der Waals surface area (Å²) in [4.78, 5) is 23.3. The van der Waals surface area contributed by atoms with Crippen molar-refractivity contribution < 1.29 is 9.59 Å². The Hall–Kier alpha value is -1.06. The Morgan fingerprint density at radius 1 is 1.11 bits per heavy atom. The van der Waals surface area contributed by atoms with Crippen LogP contribution in [-0.2, 0) is 9.59 Å². The molecule has 2 N–H and O–H groups in total. The number of hydrogen-bond acceptors (Lipinski definition) is 2. The third kappa shape index (κ3) is 7.30. The van der Waals surface area contributed by atoms with Gasteiger partial charge in [-0.25, -0.2) is 0 Å². The van der Waals surface area contributed by atoms with Gasteiger partial charge in [0.1, 0.15) is 6.04 Å². The largest absolute Gasteiger partial charge is 0.357 e. The number of amides is 2. The fraction of sp³-hybridized carbons (Fsp3) is 0.857. The average molecular weight is 256 g/mol. The van der Waals surface area contributed by atoms with E-state index in [1.807, 2.05) is 13.8 Å². The van der Waals surface area contributed by atoms with E-state index in [0.717, 1.165) is 12.8 Å². The van der Waals surface area contributed by atoms with Crippen molar-refractivity contribution in [2.75, 3.05) is 7.05 Å². The summed E-state index contributed by atoms with van der Waals surface area (Å²) in [6.07, 6.45) is 2.66. The highest BCUT2D eigenvalue weighted by atomic mass is 16.2. The highest BCUT2D eigenvalue weighted by molar-refractivity contribution is 5.88. The molecule has 0 rings (SSSR count). The van der Waals surface area contributed by atoms with E-state index >= 15 is 0 Å². The van der Waals surface area contributed by atoms with Crippen molar-refractivity contribution in [1.29, 1.82) is 0 Å². The van der Waals surface area contributed by atoms with Crippen LogP contribution in [0.15, 0.2) is 0 Å². The number of hydrogen-bond donors (Lipinski definition) is 2. The molecule has 0 aliphatic heterocycles. The molecule has 0 fully saturated rings. The van der Waals surface area contributed by atoms with Gasteiger partial charge in [-0.1, -0.05) is 41.0 Å². The molecular formula is C14H28N2O2. The van der Waals surface area contributed by atoms with Crippen LogP contribution in [0, 0.1) is 11.3 Å². The van der Waals surface area contributed by atoms with Gasteiger partial charge in [-0.3, -0.25) is 9.59 Å². The normalized spacial score (nSPS) is 13.3. The number of rotatable bonds is 6. The first-order chi connectivity index (χ1) is 8.17. The molecule has 4 nitrogen and oxygen atoms in total. The molecule has 0 aromatic heterocycles. The molecule has 0 aromatic rings. The first-order valence-corrected chi connectivity index (χ1v) is 6.69. The number of carbonyl (C=O) groups excluding carboxylic acids is 2. The summed E-state index contributed by atoms with van der Waals surface area (Å²) < 4.78 is 0. The van der Waals surface area contributed by atoms with Gasteiger partial charge in [0, 0.05) is 13.0 Å². The van der Waals surface area contributed by atoms with E-state index in [0.29, 0.717) is 6.42 Å². The molecule has 0 radical (unpaired) electrons. The molecule has 1 atom stereocenters. The zero-order valence-electron chi connectivity index (χ0n) is 12.6. The van der Waals surface area contributed by atoms with Crippen molar-refractivity contribution in [3.63, 3.8) is 0 Å². The molecule has 0 aliphatic rings. The summed E-state index contributed by atoms with van der Waals surface area (Å²) in [5, 5.41) is 5.41. The lowest BCUT2D eigenvalue weighted by Crippen LogP contribution is -2.47. The monoisotopic (exact) mass is 256 g/mol. The van der Waals surface area contributed by atoms with E-state index < -0.39 is 6.04 Å². The smallest absolute Gasteiger partial charge is 0.242 e. The lowest BCUT2D eigenvalue weighted by Gasteiger charge is -2.22. The molecular weight excluding hydrogens is 228 g/mol. The van der Waals surface area contributed by atoms with E-state index in [1.165, 1.54) is 0 Å². The van der Waals surface area contributed by atoms with Gasteiger partial charge in [0.05, 0.1) is 0 Å². The molecule has 2 amide bonds. The SMILES string of the molecule is CNC(=O)C(CCCC(C)(C)C)NC(=O)C(C)C. The van der Waals surface area contributed by atoms with Gasteiger partial charge < -0.3 is 10.6 Å². The maximum absolute atomic E-state index is 11.7. The molecule has 4 heteroatoms. The highest BCUT2D eigenvalue weighted by Crippen LogP contribution is 2.22. The molecule has 0 spiro atoms. The number of carbonyl (C=O) groups is 2. The van der Waals surface area contributed by atoms with E-state index in [1.54, 1.807) is 7.05 Å². The van der Waals surface area contributed by atoms with Crippen LogP contribution in [0.1, 0.15) is 53.9 Å². The summed E-state index contributed by atoms with van der Waals surface area (Å²) in [6, 6.07) is -0.410. The summed E-state index contributed by atoms with van der Waals surface area (Å²) in [7, 11) is 1.60. The van der Waals surface area contributed by atoms with Gasteiger partial charge in [0.15, 0.2) is 0 Å². The third-order valence-electron chi connectivity index (χ3n) is 2.82. The maximum Gasteiger partial charge on any atom is 0.242 e. The zero-order valence-corrected chi connectivity index (χ0v) is 12.6. The van der Waals surface area contributed by atoms with Gasteiger partial charge in [-0.15, -0.1) is 0 Å². The van der Waals surface area contributed by atoms with Gasteiger partial charge >= 0.3 is 0 Å². The highest BCUT2D eigenvalue weighted by Gasteiger charge is 2.21. The molecule has 0 aliphatic carbocycles. The van der Waals surface area contributed by atoms with Gasteiger partial charge in [-0.05, 0) is 18.3 Å². The second-order valence-electron chi connectivity index (χ2n) is 6.28. The second-order valence-corrected chi connectivity index (χ2v) is 6.28. The van der Waals surface area contributed by atoms with E-state index in [4.69, 9.17) is 0 Å². The molecule has 0 saturated carbocycles. The predicted octanol–water partition coefficient (Wildman–Crippen LogP) is 2.09. The fourth-order valence-corrected chi connectivity index (χ4v) is 1.62. The molecule has 18 heavy (non-hydrogen) atoms. The topological polar surface area (TPSA) is 58.2 Å². The number of likely N-dealkylation sites (N-methyl/N-ethyl adjacent to an activating group) is 1. The van der Waals surface area contributed by atoms with Crippen LogP contribution in [0.3, 0.4) is 0 Å². The minimum Gasteiger partial charge on any atom is -0.357 e. The number of nitrogens with one attached hydrogen (secondary N) is 2. The van der Waals surface area contributed by atoms with Crippen LogP contribution >= 0.6 is 0 Å². The standard InChI is InChI=1S/C14H28N2O2/c1-10(2)12(17)16-11(13(18)15-6)8-7-9-14(3,4)5/h10-11H,7-9H2,1-6H3,(H,15,18)(H,16,17). The van der Waals surface area contributed by atoms with Crippen LogP contribution in [0.4, 0.5) is 0 Å². The molecule has 0 aromatic carbocycles. The lowest BCUT2D eigenvalue weighted by molar-refractivity contribution is -0.130. The van der Waals surface area contributed by atoms with Crippen LogP contribution in [0.5, 0.6) is 0 Å². The van der Waals surface area contributed by atoms with Crippen LogP contribution < -0.4 is 10.6 Å². The van der Waals surface area contributed by atoms with Crippen LogP contribution in [-0.4, -0.2) is 24.9 Å².